The van der Waals surface area contributed by atoms with E-state index in [0.29, 0.717) is 10.6 Å². The molecule has 0 atom stereocenters. The molecule has 0 bridgehead atoms. The predicted octanol–water partition coefficient (Wildman–Crippen LogP) is 4.02. The summed E-state index contributed by atoms with van der Waals surface area (Å²) in [5.74, 6) is -0.329. The van der Waals surface area contributed by atoms with Crippen molar-refractivity contribution in [2.24, 2.45) is 5.10 Å². The van der Waals surface area contributed by atoms with Crippen LogP contribution in [0.4, 0.5) is 5.69 Å². The zero-order valence-electron chi connectivity index (χ0n) is 14.4. The van der Waals surface area contributed by atoms with Gasteiger partial charge >= 0.3 is 0 Å². The SMILES string of the molecule is CC(=O)C(=NNc1ccccc1)P(=O)(c1ccccc1)c1ccccc1. The van der Waals surface area contributed by atoms with Gasteiger partial charge in [0, 0.05) is 17.5 Å². The topological polar surface area (TPSA) is 58.5 Å². The normalized spacial score (nSPS) is 11.8. The van der Waals surface area contributed by atoms with Crippen molar-refractivity contribution in [3.8, 4) is 0 Å². The maximum Gasteiger partial charge on any atom is 0.193 e. The van der Waals surface area contributed by atoms with E-state index in [1.807, 2.05) is 66.7 Å². The van der Waals surface area contributed by atoms with Crippen LogP contribution in [-0.4, -0.2) is 11.2 Å². The molecule has 0 fully saturated rings. The van der Waals surface area contributed by atoms with Gasteiger partial charge in [-0.05, 0) is 12.1 Å². The van der Waals surface area contributed by atoms with Crippen molar-refractivity contribution >= 4 is 34.7 Å². The standard InChI is InChI=1S/C21H19N2O2P/c1-17(24)21(23-22-18-11-5-2-6-12-18)26(25,19-13-7-3-8-14-19)20-15-9-4-10-16-20/h2-16,22H,1H3. The molecule has 130 valence electrons. The zero-order valence-corrected chi connectivity index (χ0v) is 15.3. The first-order valence-corrected chi connectivity index (χ1v) is 9.94. The lowest BCUT2D eigenvalue weighted by Gasteiger charge is -2.20. The highest BCUT2D eigenvalue weighted by Gasteiger charge is 2.36. The van der Waals surface area contributed by atoms with E-state index < -0.39 is 7.14 Å². The fourth-order valence-corrected chi connectivity index (χ4v) is 5.28. The van der Waals surface area contributed by atoms with Gasteiger partial charge < -0.3 is 4.57 Å². The number of benzene rings is 3. The molecule has 4 nitrogen and oxygen atoms in total. The summed E-state index contributed by atoms with van der Waals surface area (Å²) in [6.45, 7) is 1.39. The molecule has 3 aromatic rings. The molecule has 3 rings (SSSR count). The fraction of sp³-hybridized carbons (Fsp3) is 0.0476. The Morgan fingerprint density at radius 3 is 1.62 bits per heavy atom. The summed E-state index contributed by atoms with van der Waals surface area (Å²) in [6, 6.07) is 27.3. The average Bonchev–Trinajstić information content (AvgIpc) is 2.70. The van der Waals surface area contributed by atoms with Crippen LogP contribution in [-0.2, 0) is 9.36 Å². The summed E-state index contributed by atoms with van der Waals surface area (Å²) in [5, 5.41) is 5.43. The van der Waals surface area contributed by atoms with Crippen LogP contribution in [0.25, 0.3) is 0 Å². The number of nitrogens with one attached hydrogen (secondary N) is 1. The molecule has 0 aromatic heterocycles. The third-order valence-corrected chi connectivity index (χ3v) is 6.98. The summed E-state index contributed by atoms with van der Waals surface area (Å²) in [4.78, 5) is 12.4. The second-order valence-electron chi connectivity index (χ2n) is 5.75. The van der Waals surface area contributed by atoms with Gasteiger partial charge in [-0.3, -0.25) is 10.2 Å². The van der Waals surface area contributed by atoms with Crippen molar-refractivity contribution in [2.75, 3.05) is 5.43 Å². The molecule has 26 heavy (non-hydrogen) atoms. The number of rotatable bonds is 6. The molecule has 0 spiro atoms. The van der Waals surface area contributed by atoms with E-state index in [2.05, 4.69) is 10.5 Å². The fourth-order valence-electron chi connectivity index (χ4n) is 2.67. The van der Waals surface area contributed by atoms with Crippen LogP contribution in [0, 0.1) is 0 Å². The molecule has 0 saturated heterocycles. The number of hydrogen-bond donors (Lipinski definition) is 1. The molecule has 0 amide bonds. The number of anilines is 1. The molecule has 0 aliphatic heterocycles. The minimum atomic E-state index is -3.39. The van der Waals surface area contributed by atoms with Crippen molar-refractivity contribution in [2.45, 2.75) is 6.92 Å². The van der Waals surface area contributed by atoms with E-state index in [9.17, 15) is 9.36 Å². The first-order valence-electron chi connectivity index (χ1n) is 8.24. The van der Waals surface area contributed by atoms with Crippen LogP contribution < -0.4 is 16.0 Å². The van der Waals surface area contributed by atoms with Gasteiger partial charge in [0.2, 0.25) is 0 Å². The Morgan fingerprint density at radius 2 is 1.19 bits per heavy atom. The lowest BCUT2D eigenvalue weighted by Crippen LogP contribution is -2.27. The van der Waals surface area contributed by atoms with Crippen LogP contribution in [0.3, 0.4) is 0 Å². The van der Waals surface area contributed by atoms with Gasteiger partial charge in [-0.25, -0.2) is 0 Å². The monoisotopic (exact) mass is 362 g/mol. The Morgan fingerprint density at radius 1 is 0.769 bits per heavy atom. The van der Waals surface area contributed by atoms with E-state index in [-0.39, 0.29) is 11.2 Å². The van der Waals surface area contributed by atoms with Gasteiger partial charge in [0.1, 0.15) is 0 Å². The van der Waals surface area contributed by atoms with Gasteiger partial charge in [0.15, 0.2) is 18.4 Å². The minimum absolute atomic E-state index is 0.0266. The Balaban J connectivity index is 2.15. The van der Waals surface area contributed by atoms with E-state index in [1.54, 1.807) is 24.3 Å². The smallest absolute Gasteiger partial charge is 0.193 e. The van der Waals surface area contributed by atoms with Crippen molar-refractivity contribution in [3.05, 3.63) is 91.0 Å². The van der Waals surface area contributed by atoms with Crippen LogP contribution in [0.1, 0.15) is 6.92 Å². The molecule has 1 N–H and O–H groups in total. The molecular formula is C21H19N2O2P. The van der Waals surface area contributed by atoms with Gasteiger partial charge in [0.05, 0.1) is 5.69 Å². The number of hydrazone groups is 1. The van der Waals surface area contributed by atoms with Crippen LogP contribution in [0.15, 0.2) is 96.1 Å². The summed E-state index contributed by atoms with van der Waals surface area (Å²) >= 11 is 0. The Labute approximate surface area is 153 Å². The van der Waals surface area contributed by atoms with Crippen molar-refractivity contribution < 1.29 is 9.36 Å². The first-order chi connectivity index (χ1) is 12.6. The minimum Gasteiger partial charge on any atom is -0.307 e. The van der Waals surface area contributed by atoms with Crippen molar-refractivity contribution in [1.29, 1.82) is 0 Å². The summed E-state index contributed by atoms with van der Waals surface area (Å²) in [7, 11) is -3.39. The summed E-state index contributed by atoms with van der Waals surface area (Å²) in [6.07, 6.45) is 0. The Kier molecular flexibility index (Phi) is 5.45. The average molecular weight is 362 g/mol. The Hall–Kier alpha value is -2.97. The van der Waals surface area contributed by atoms with Gasteiger partial charge in [-0.1, -0.05) is 78.9 Å². The van der Waals surface area contributed by atoms with E-state index in [0.717, 1.165) is 5.69 Å². The van der Waals surface area contributed by atoms with E-state index >= 15 is 0 Å². The van der Waals surface area contributed by atoms with Gasteiger partial charge in [0.25, 0.3) is 0 Å². The number of ketones is 1. The number of Topliss-reactive ketones (excluding diaryl/α,β-unsaturated/α-hetero) is 1. The number of carbonyl (C=O) groups excluding carboxylic acids is 1. The van der Waals surface area contributed by atoms with Crippen LogP contribution in [0.5, 0.6) is 0 Å². The van der Waals surface area contributed by atoms with Gasteiger partial charge in [-0.15, -0.1) is 0 Å². The highest BCUT2D eigenvalue weighted by molar-refractivity contribution is 7.95. The highest BCUT2D eigenvalue weighted by atomic mass is 31.2. The molecule has 0 radical (unpaired) electrons. The largest absolute Gasteiger partial charge is 0.307 e. The van der Waals surface area contributed by atoms with E-state index in [4.69, 9.17) is 0 Å². The zero-order chi connectivity index (χ0) is 18.4. The number of nitrogens with zero attached hydrogens (tertiary/aromatic N) is 1. The first kappa shape index (κ1) is 17.8. The third-order valence-electron chi connectivity index (χ3n) is 3.92. The molecule has 0 saturated carbocycles. The molecule has 0 unspecified atom stereocenters. The maximum absolute atomic E-state index is 14.2. The molecule has 0 heterocycles. The summed E-state index contributed by atoms with van der Waals surface area (Å²) < 4.78 is 14.2. The third kappa shape index (κ3) is 3.66. The molecule has 5 heteroatoms. The second-order valence-corrected chi connectivity index (χ2v) is 8.42. The molecule has 0 aliphatic carbocycles. The molecule has 0 aliphatic rings. The number of para-hydroxylation sites is 1. The predicted molar refractivity (Wildman–Crippen MR) is 108 cm³/mol. The Bertz CT molecular complexity index is 912. The van der Waals surface area contributed by atoms with Crippen molar-refractivity contribution in [3.63, 3.8) is 0 Å². The van der Waals surface area contributed by atoms with Crippen LogP contribution >= 0.6 is 7.14 Å². The number of hydrogen-bond acceptors (Lipinski definition) is 4. The number of carbonyl (C=O) groups is 1. The lowest BCUT2D eigenvalue weighted by atomic mass is 10.3. The van der Waals surface area contributed by atoms with Crippen LogP contribution in [0.2, 0.25) is 0 Å². The van der Waals surface area contributed by atoms with E-state index in [1.165, 1.54) is 6.92 Å². The second kappa shape index (κ2) is 7.94. The highest BCUT2D eigenvalue weighted by Crippen LogP contribution is 2.45. The maximum atomic E-state index is 14.2. The summed E-state index contributed by atoms with van der Waals surface area (Å²) in [5.41, 5.74) is 3.61. The molecule has 3 aromatic carbocycles. The quantitative estimate of drug-likeness (QED) is 0.409. The lowest BCUT2D eigenvalue weighted by molar-refractivity contribution is -0.110. The molecular weight excluding hydrogens is 343 g/mol. The van der Waals surface area contributed by atoms with Crippen molar-refractivity contribution in [1.82, 2.24) is 0 Å². The van der Waals surface area contributed by atoms with Gasteiger partial charge in [-0.2, -0.15) is 5.10 Å².